The summed E-state index contributed by atoms with van der Waals surface area (Å²) in [6.45, 7) is 2.00. The van der Waals surface area contributed by atoms with E-state index in [4.69, 9.17) is 10.0 Å². The van der Waals surface area contributed by atoms with Crippen molar-refractivity contribution in [3.05, 3.63) is 23.1 Å². The van der Waals surface area contributed by atoms with Crippen molar-refractivity contribution in [1.82, 2.24) is 0 Å². The monoisotopic (exact) mass is 224 g/mol. The van der Waals surface area contributed by atoms with Gasteiger partial charge in [-0.1, -0.05) is 6.07 Å². The van der Waals surface area contributed by atoms with Crippen molar-refractivity contribution in [3.8, 4) is 0 Å². The molecule has 1 heterocycles. The normalized spacial score (nSPS) is 10.9. The first-order chi connectivity index (χ1) is 6.59. The van der Waals surface area contributed by atoms with E-state index in [1.165, 1.54) is 0 Å². The molecule has 0 aliphatic heterocycles. The first kappa shape index (κ1) is 10.0. The second-order valence-electron chi connectivity index (χ2n) is 3.21. The van der Waals surface area contributed by atoms with Gasteiger partial charge in [-0.15, -0.1) is 24.0 Å². The SMILES string of the molecule is Cc1csc2c(S)cc(B(O)O)cc12. The molecule has 14 heavy (non-hydrogen) atoms. The average Bonchev–Trinajstić information content (AvgIpc) is 2.48. The molecule has 2 N–H and O–H groups in total. The van der Waals surface area contributed by atoms with Crippen LogP contribution in [0.2, 0.25) is 0 Å². The molecule has 0 fully saturated rings. The molecule has 1 aromatic heterocycles. The number of fused-ring (bicyclic) bond motifs is 1. The van der Waals surface area contributed by atoms with Crippen molar-refractivity contribution in [3.63, 3.8) is 0 Å². The van der Waals surface area contributed by atoms with Gasteiger partial charge in [0.2, 0.25) is 0 Å². The molecular weight excluding hydrogens is 215 g/mol. The summed E-state index contributed by atoms with van der Waals surface area (Å²) in [5.74, 6) is 0. The van der Waals surface area contributed by atoms with Gasteiger partial charge in [0.25, 0.3) is 0 Å². The van der Waals surface area contributed by atoms with Gasteiger partial charge in [-0.2, -0.15) is 0 Å². The average molecular weight is 224 g/mol. The maximum absolute atomic E-state index is 9.06. The van der Waals surface area contributed by atoms with Crippen LogP contribution in [0.3, 0.4) is 0 Å². The van der Waals surface area contributed by atoms with Crippen LogP contribution in [0.25, 0.3) is 10.1 Å². The Hall–Kier alpha value is -0.485. The molecule has 5 heteroatoms. The van der Waals surface area contributed by atoms with E-state index in [9.17, 15) is 0 Å². The molecule has 72 valence electrons. The van der Waals surface area contributed by atoms with E-state index in [1.807, 2.05) is 12.3 Å². The summed E-state index contributed by atoms with van der Waals surface area (Å²) in [6.07, 6.45) is 0. The summed E-state index contributed by atoms with van der Waals surface area (Å²) in [5, 5.41) is 21.2. The minimum atomic E-state index is -1.43. The van der Waals surface area contributed by atoms with Crippen molar-refractivity contribution < 1.29 is 10.0 Å². The second kappa shape index (κ2) is 3.58. The molecular formula is C9H9BO2S2. The van der Waals surface area contributed by atoms with E-state index in [1.54, 1.807) is 23.5 Å². The molecule has 0 unspecified atom stereocenters. The third kappa shape index (κ3) is 1.57. The Morgan fingerprint density at radius 3 is 2.71 bits per heavy atom. The lowest BCUT2D eigenvalue weighted by atomic mass is 9.80. The minimum Gasteiger partial charge on any atom is -0.423 e. The highest BCUT2D eigenvalue weighted by atomic mass is 32.1. The van der Waals surface area contributed by atoms with Crippen LogP contribution >= 0.6 is 24.0 Å². The molecule has 0 bridgehead atoms. The summed E-state index contributed by atoms with van der Waals surface area (Å²) < 4.78 is 1.09. The van der Waals surface area contributed by atoms with E-state index < -0.39 is 7.12 Å². The van der Waals surface area contributed by atoms with Gasteiger partial charge in [0.1, 0.15) is 0 Å². The summed E-state index contributed by atoms with van der Waals surface area (Å²) in [4.78, 5) is 0.795. The Kier molecular flexibility index (Phi) is 2.57. The van der Waals surface area contributed by atoms with Gasteiger partial charge in [0.15, 0.2) is 0 Å². The van der Waals surface area contributed by atoms with Crippen molar-refractivity contribution in [2.75, 3.05) is 0 Å². The van der Waals surface area contributed by atoms with Gasteiger partial charge in [-0.3, -0.25) is 0 Å². The predicted octanol–water partition coefficient (Wildman–Crippen LogP) is 1.18. The van der Waals surface area contributed by atoms with E-state index >= 15 is 0 Å². The van der Waals surface area contributed by atoms with Crippen LogP contribution in [0.15, 0.2) is 22.4 Å². The fraction of sp³-hybridized carbons (Fsp3) is 0.111. The van der Waals surface area contributed by atoms with Crippen LogP contribution in [-0.2, 0) is 0 Å². The number of aryl methyl sites for hydroxylation is 1. The lowest BCUT2D eigenvalue weighted by Crippen LogP contribution is -2.29. The standard InChI is InChI=1S/C9H9BO2S2/c1-5-4-14-9-7(5)2-6(10(11)12)3-8(9)13/h2-4,11-13H,1H3. The Balaban J connectivity index is 2.75. The fourth-order valence-electron chi connectivity index (χ4n) is 1.41. The number of thiol groups is 1. The van der Waals surface area contributed by atoms with Crippen molar-refractivity contribution in [2.45, 2.75) is 11.8 Å². The topological polar surface area (TPSA) is 40.5 Å². The molecule has 0 spiro atoms. The molecule has 0 amide bonds. The third-order valence-corrected chi connectivity index (χ3v) is 3.82. The minimum absolute atomic E-state index is 0.490. The molecule has 0 radical (unpaired) electrons. The molecule has 2 aromatic rings. The van der Waals surface area contributed by atoms with Crippen LogP contribution < -0.4 is 5.46 Å². The lowest BCUT2D eigenvalue weighted by Gasteiger charge is -2.02. The molecule has 0 saturated heterocycles. The number of rotatable bonds is 1. The lowest BCUT2D eigenvalue weighted by molar-refractivity contribution is 0.426. The number of thiophene rings is 1. The van der Waals surface area contributed by atoms with Gasteiger partial charge in [-0.05, 0) is 34.8 Å². The zero-order valence-electron chi connectivity index (χ0n) is 7.56. The first-order valence-corrected chi connectivity index (χ1v) is 5.49. The van der Waals surface area contributed by atoms with Gasteiger partial charge in [0, 0.05) is 9.60 Å². The molecule has 0 aliphatic carbocycles. The van der Waals surface area contributed by atoms with E-state index in [0.717, 1.165) is 20.5 Å². The largest absolute Gasteiger partial charge is 0.488 e. The molecule has 0 atom stereocenters. The fourth-order valence-corrected chi connectivity index (χ4v) is 2.79. The highest BCUT2D eigenvalue weighted by Gasteiger charge is 2.14. The van der Waals surface area contributed by atoms with Gasteiger partial charge in [-0.25, -0.2) is 0 Å². The molecule has 2 nitrogen and oxygen atoms in total. The Bertz CT molecular complexity index is 479. The van der Waals surface area contributed by atoms with Gasteiger partial charge < -0.3 is 10.0 Å². The van der Waals surface area contributed by atoms with Crippen molar-refractivity contribution in [2.24, 2.45) is 0 Å². The van der Waals surface area contributed by atoms with Crippen LogP contribution in [0.5, 0.6) is 0 Å². The summed E-state index contributed by atoms with van der Waals surface area (Å²) in [7, 11) is -1.43. The van der Waals surface area contributed by atoms with Gasteiger partial charge >= 0.3 is 7.12 Å². The summed E-state index contributed by atoms with van der Waals surface area (Å²) >= 11 is 5.94. The summed E-state index contributed by atoms with van der Waals surface area (Å²) in [5.41, 5.74) is 1.63. The number of hydrogen-bond acceptors (Lipinski definition) is 4. The molecule has 2 rings (SSSR count). The zero-order valence-corrected chi connectivity index (χ0v) is 9.27. The smallest absolute Gasteiger partial charge is 0.423 e. The van der Waals surface area contributed by atoms with E-state index in [0.29, 0.717) is 5.46 Å². The van der Waals surface area contributed by atoms with Crippen LogP contribution in [-0.4, -0.2) is 17.2 Å². The van der Waals surface area contributed by atoms with Crippen molar-refractivity contribution >= 4 is 46.6 Å². The molecule has 0 saturated carbocycles. The quantitative estimate of drug-likeness (QED) is 0.502. The Morgan fingerprint density at radius 2 is 2.07 bits per heavy atom. The van der Waals surface area contributed by atoms with E-state index in [2.05, 4.69) is 12.6 Å². The molecule has 0 aliphatic rings. The van der Waals surface area contributed by atoms with Crippen molar-refractivity contribution in [1.29, 1.82) is 0 Å². The predicted molar refractivity (Wildman–Crippen MR) is 63.6 cm³/mol. The van der Waals surface area contributed by atoms with Gasteiger partial charge in [0.05, 0.1) is 0 Å². The van der Waals surface area contributed by atoms with Crippen LogP contribution in [0.4, 0.5) is 0 Å². The first-order valence-electron chi connectivity index (χ1n) is 4.16. The maximum Gasteiger partial charge on any atom is 0.488 e. The zero-order chi connectivity index (χ0) is 10.3. The maximum atomic E-state index is 9.06. The highest BCUT2D eigenvalue weighted by molar-refractivity contribution is 7.80. The summed E-state index contributed by atoms with van der Waals surface area (Å²) in [6, 6.07) is 3.48. The van der Waals surface area contributed by atoms with Crippen LogP contribution in [0, 0.1) is 6.92 Å². The Labute approximate surface area is 91.8 Å². The third-order valence-electron chi connectivity index (χ3n) is 2.17. The van der Waals surface area contributed by atoms with E-state index in [-0.39, 0.29) is 0 Å². The second-order valence-corrected chi connectivity index (χ2v) is 4.57. The Morgan fingerprint density at radius 1 is 1.36 bits per heavy atom. The number of benzene rings is 1. The highest BCUT2D eigenvalue weighted by Crippen LogP contribution is 2.29. The number of hydrogen-bond donors (Lipinski definition) is 3. The van der Waals surface area contributed by atoms with Crippen LogP contribution in [0.1, 0.15) is 5.56 Å². The molecule has 1 aromatic carbocycles.